The summed E-state index contributed by atoms with van der Waals surface area (Å²) >= 11 is 5.91. The Morgan fingerprint density at radius 2 is 1.70 bits per heavy atom. The van der Waals surface area contributed by atoms with Crippen LogP contribution in [0.5, 0.6) is 0 Å². The monoisotopic (exact) mass is 481 g/mol. The molecule has 0 saturated heterocycles. The highest BCUT2D eigenvalue weighted by Gasteiger charge is 2.31. The normalized spacial score (nSPS) is 18.5. The van der Waals surface area contributed by atoms with Gasteiger partial charge in [-0.05, 0) is 61.7 Å². The molecule has 0 bridgehead atoms. The molecular weight excluding hydrogens is 455 g/mol. The Labute approximate surface area is 196 Å². The van der Waals surface area contributed by atoms with Crippen molar-refractivity contribution in [3.05, 3.63) is 70.2 Å². The number of nitrogens with one attached hydrogen (secondary N) is 3. The Balaban J connectivity index is 1.46. The SMILES string of the molecule is O=C(CNC(=O)c1cccc(C(F)(F)F)c1)N[C@@H]1CCCC[C@@H]1NCCc1ccc(Cl)cc1. The number of hydrogen-bond donors (Lipinski definition) is 3. The highest BCUT2D eigenvalue weighted by Crippen LogP contribution is 2.29. The molecule has 1 aliphatic rings. The summed E-state index contributed by atoms with van der Waals surface area (Å²) < 4.78 is 38.5. The lowest BCUT2D eigenvalue weighted by atomic mass is 9.90. The van der Waals surface area contributed by atoms with Crippen molar-refractivity contribution < 1.29 is 22.8 Å². The van der Waals surface area contributed by atoms with Gasteiger partial charge in [0.05, 0.1) is 12.1 Å². The van der Waals surface area contributed by atoms with E-state index in [-0.39, 0.29) is 30.1 Å². The molecule has 33 heavy (non-hydrogen) atoms. The van der Waals surface area contributed by atoms with Crippen molar-refractivity contribution in [2.45, 2.75) is 50.4 Å². The number of carbonyl (C=O) groups is 2. The topological polar surface area (TPSA) is 70.2 Å². The van der Waals surface area contributed by atoms with Crippen LogP contribution in [-0.2, 0) is 17.4 Å². The molecule has 2 amide bonds. The van der Waals surface area contributed by atoms with Crippen molar-refractivity contribution in [2.75, 3.05) is 13.1 Å². The van der Waals surface area contributed by atoms with Crippen molar-refractivity contribution in [3.8, 4) is 0 Å². The van der Waals surface area contributed by atoms with Gasteiger partial charge >= 0.3 is 6.18 Å². The molecule has 0 aliphatic heterocycles. The zero-order valence-electron chi connectivity index (χ0n) is 18.1. The van der Waals surface area contributed by atoms with Gasteiger partial charge in [-0.15, -0.1) is 0 Å². The number of rotatable bonds is 8. The third-order valence-corrected chi connectivity index (χ3v) is 5.96. The number of alkyl halides is 3. The van der Waals surface area contributed by atoms with Crippen molar-refractivity contribution in [2.24, 2.45) is 0 Å². The van der Waals surface area contributed by atoms with Crippen LogP contribution in [0.25, 0.3) is 0 Å². The zero-order chi connectivity index (χ0) is 23.8. The molecule has 0 spiro atoms. The van der Waals surface area contributed by atoms with E-state index in [9.17, 15) is 22.8 Å². The molecule has 0 heterocycles. The Kier molecular flexibility index (Phi) is 8.74. The molecule has 0 aromatic heterocycles. The van der Waals surface area contributed by atoms with Crippen LogP contribution in [-0.4, -0.2) is 37.0 Å². The molecule has 1 fully saturated rings. The Hall–Kier alpha value is -2.58. The average Bonchev–Trinajstić information content (AvgIpc) is 2.79. The van der Waals surface area contributed by atoms with Crippen LogP contribution in [0.1, 0.15) is 47.2 Å². The highest BCUT2D eigenvalue weighted by molar-refractivity contribution is 6.30. The van der Waals surface area contributed by atoms with Crippen LogP contribution in [0.4, 0.5) is 13.2 Å². The van der Waals surface area contributed by atoms with Gasteiger partial charge in [0.15, 0.2) is 0 Å². The van der Waals surface area contributed by atoms with Gasteiger partial charge in [-0.1, -0.05) is 42.6 Å². The van der Waals surface area contributed by atoms with E-state index in [4.69, 9.17) is 11.6 Å². The fourth-order valence-corrected chi connectivity index (χ4v) is 4.08. The lowest BCUT2D eigenvalue weighted by molar-refractivity contribution is -0.137. The van der Waals surface area contributed by atoms with Crippen molar-refractivity contribution in [1.29, 1.82) is 0 Å². The maximum Gasteiger partial charge on any atom is 0.416 e. The van der Waals surface area contributed by atoms with Crippen LogP contribution < -0.4 is 16.0 Å². The lowest BCUT2D eigenvalue weighted by Crippen LogP contribution is -2.53. The number of amides is 2. The zero-order valence-corrected chi connectivity index (χ0v) is 18.8. The molecule has 1 saturated carbocycles. The molecule has 5 nitrogen and oxygen atoms in total. The first-order valence-corrected chi connectivity index (χ1v) is 11.3. The van der Waals surface area contributed by atoms with E-state index in [1.54, 1.807) is 0 Å². The maximum atomic E-state index is 12.8. The summed E-state index contributed by atoms with van der Waals surface area (Å²) in [4.78, 5) is 24.6. The van der Waals surface area contributed by atoms with Gasteiger partial charge in [0.25, 0.3) is 5.91 Å². The summed E-state index contributed by atoms with van der Waals surface area (Å²) in [6.45, 7) is 0.452. The molecule has 0 unspecified atom stereocenters. The second-order valence-electron chi connectivity index (χ2n) is 8.16. The third kappa shape index (κ3) is 7.75. The average molecular weight is 482 g/mol. The minimum Gasteiger partial charge on any atom is -0.350 e. The molecule has 1 aliphatic carbocycles. The van der Waals surface area contributed by atoms with Crippen LogP contribution in [0.2, 0.25) is 5.02 Å². The third-order valence-electron chi connectivity index (χ3n) is 5.71. The van der Waals surface area contributed by atoms with Gasteiger partial charge in [-0.2, -0.15) is 13.2 Å². The molecular formula is C24H27ClF3N3O2. The van der Waals surface area contributed by atoms with E-state index in [2.05, 4.69) is 16.0 Å². The van der Waals surface area contributed by atoms with Crippen molar-refractivity contribution in [3.63, 3.8) is 0 Å². The van der Waals surface area contributed by atoms with Crippen LogP contribution >= 0.6 is 11.6 Å². The van der Waals surface area contributed by atoms with Gasteiger partial charge in [0.1, 0.15) is 0 Å². The number of hydrogen-bond acceptors (Lipinski definition) is 3. The first kappa shape index (κ1) is 25.1. The lowest BCUT2D eigenvalue weighted by Gasteiger charge is -2.33. The summed E-state index contributed by atoms with van der Waals surface area (Å²) in [5.41, 5.74) is 0.118. The maximum absolute atomic E-state index is 12.8. The van der Waals surface area contributed by atoms with Gasteiger partial charge in [0, 0.05) is 22.7 Å². The summed E-state index contributed by atoms with van der Waals surface area (Å²) in [6, 6.07) is 11.8. The van der Waals surface area contributed by atoms with Crippen LogP contribution in [0, 0.1) is 0 Å². The Morgan fingerprint density at radius 3 is 2.39 bits per heavy atom. The number of carbonyl (C=O) groups excluding carboxylic acids is 2. The van der Waals surface area contributed by atoms with E-state index in [1.807, 2.05) is 24.3 Å². The van der Waals surface area contributed by atoms with Gasteiger partial charge < -0.3 is 16.0 Å². The Morgan fingerprint density at radius 1 is 1.00 bits per heavy atom. The molecule has 2 aromatic rings. The minimum atomic E-state index is -4.54. The van der Waals surface area contributed by atoms with Crippen LogP contribution in [0.3, 0.4) is 0 Å². The fraction of sp³-hybridized carbons (Fsp3) is 0.417. The standard InChI is InChI=1S/C24H27ClF3N3O2/c25-19-10-8-16(9-11-19)12-13-29-20-6-1-2-7-21(20)31-22(32)15-30-23(33)17-4-3-5-18(14-17)24(26,27)28/h3-5,8-11,14,20-21,29H,1-2,6-7,12-13,15H2,(H,30,33)(H,31,32)/t20-,21+/m0/s1. The summed E-state index contributed by atoms with van der Waals surface area (Å²) in [5, 5.41) is 9.56. The fourth-order valence-electron chi connectivity index (χ4n) is 3.96. The second-order valence-corrected chi connectivity index (χ2v) is 8.59. The van der Waals surface area contributed by atoms with E-state index in [1.165, 1.54) is 17.7 Å². The molecule has 0 radical (unpaired) electrons. The molecule has 2 aromatic carbocycles. The highest BCUT2D eigenvalue weighted by atomic mass is 35.5. The molecule has 3 N–H and O–H groups in total. The van der Waals surface area contributed by atoms with Crippen LogP contribution in [0.15, 0.2) is 48.5 Å². The first-order chi connectivity index (χ1) is 15.7. The van der Waals surface area contributed by atoms with E-state index < -0.39 is 17.6 Å². The van der Waals surface area contributed by atoms with E-state index >= 15 is 0 Å². The van der Waals surface area contributed by atoms with Crippen molar-refractivity contribution >= 4 is 23.4 Å². The number of benzene rings is 2. The van der Waals surface area contributed by atoms with E-state index in [0.29, 0.717) is 5.02 Å². The van der Waals surface area contributed by atoms with Gasteiger partial charge in [-0.25, -0.2) is 0 Å². The molecule has 2 atom stereocenters. The second kappa shape index (κ2) is 11.5. The van der Waals surface area contributed by atoms with E-state index in [0.717, 1.165) is 50.8 Å². The Bertz CT molecular complexity index is 951. The minimum absolute atomic E-state index is 0.0677. The van der Waals surface area contributed by atoms with Crippen molar-refractivity contribution in [1.82, 2.24) is 16.0 Å². The summed E-state index contributed by atoms with van der Waals surface area (Å²) in [6.07, 6.45) is 0.119. The number of halogens is 4. The predicted octanol–water partition coefficient (Wildman–Crippen LogP) is 4.35. The van der Waals surface area contributed by atoms with Gasteiger partial charge in [0.2, 0.25) is 5.91 Å². The summed E-state index contributed by atoms with van der Waals surface area (Å²) in [5.74, 6) is -1.09. The smallest absolute Gasteiger partial charge is 0.350 e. The predicted molar refractivity (Wildman–Crippen MR) is 121 cm³/mol. The first-order valence-electron chi connectivity index (χ1n) is 10.9. The largest absolute Gasteiger partial charge is 0.416 e. The molecule has 3 rings (SSSR count). The van der Waals surface area contributed by atoms with Gasteiger partial charge in [-0.3, -0.25) is 9.59 Å². The summed E-state index contributed by atoms with van der Waals surface area (Å²) in [7, 11) is 0. The quantitative estimate of drug-likeness (QED) is 0.525. The molecule has 178 valence electrons. The molecule has 9 heteroatoms.